The molecule has 0 radical (unpaired) electrons. The molecule has 0 saturated heterocycles. The molecule has 0 aliphatic carbocycles. The van der Waals surface area contributed by atoms with Crippen molar-refractivity contribution in [2.24, 2.45) is 0 Å². The largest absolute Gasteiger partial charge is 0.744 e. The summed E-state index contributed by atoms with van der Waals surface area (Å²) >= 11 is 0. The number of benzene rings is 2. The summed E-state index contributed by atoms with van der Waals surface area (Å²) in [6.45, 7) is 6.16. The molecule has 0 aromatic heterocycles. The number of hydrogen-bond donors (Lipinski definition) is 2. The van der Waals surface area contributed by atoms with Crippen LogP contribution in [0.2, 0.25) is 0 Å². The van der Waals surface area contributed by atoms with E-state index >= 15 is 0 Å². The van der Waals surface area contributed by atoms with Gasteiger partial charge in [-0.3, -0.25) is 9.59 Å². The zero-order chi connectivity index (χ0) is 38.0. The Kier molecular flexibility index (Phi) is 16.6. The molecule has 2 aromatic rings. The molecule has 0 amide bonds. The number of nitrogens with zero attached hydrogens (tertiary/aromatic N) is 2. The second kappa shape index (κ2) is 17.9. The first-order chi connectivity index (χ1) is 21.5. The summed E-state index contributed by atoms with van der Waals surface area (Å²) in [5, 5.41) is 17.8. The number of esters is 2. The number of quaternary nitrogens is 2. The Morgan fingerprint density at radius 3 is 1.10 bits per heavy atom. The van der Waals surface area contributed by atoms with Gasteiger partial charge in [-0.05, 0) is 39.8 Å². The van der Waals surface area contributed by atoms with Crippen LogP contribution in [0.25, 0.3) is 10.8 Å². The fourth-order valence-electron chi connectivity index (χ4n) is 3.66. The Bertz CT molecular complexity index is 1530. The van der Waals surface area contributed by atoms with Crippen molar-refractivity contribution in [3.63, 3.8) is 0 Å². The molecular formula is C30H46N2O14S2. The fourth-order valence-corrected chi connectivity index (χ4v) is 5.04. The number of rotatable bonds is 12. The highest BCUT2D eigenvalue weighted by Crippen LogP contribution is 2.27. The molecule has 4 atom stereocenters. The Hall–Kier alpha value is -3.36. The number of likely N-dealkylation sites (N-methyl/N-ethyl adjacent to an activating group) is 2. The number of aliphatic hydroxyl groups excluding tert-OH is 2. The quantitative estimate of drug-likeness (QED) is 0.164. The summed E-state index contributed by atoms with van der Waals surface area (Å²) < 4.78 is 77.0. The van der Waals surface area contributed by atoms with Crippen LogP contribution in [0.1, 0.15) is 27.7 Å². The lowest BCUT2D eigenvalue weighted by Gasteiger charge is -2.28. The van der Waals surface area contributed by atoms with Crippen molar-refractivity contribution in [3.05, 3.63) is 36.4 Å². The van der Waals surface area contributed by atoms with Gasteiger partial charge in [0, 0.05) is 10.8 Å². The van der Waals surface area contributed by atoms with Crippen LogP contribution in [-0.2, 0) is 48.9 Å². The number of ether oxygens (including phenoxy) is 2. The first-order valence-electron chi connectivity index (χ1n) is 14.3. The van der Waals surface area contributed by atoms with E-state index in [0.717, 1.165) is 12.1 Å². The van der Waals surface area contributed by atoms with Gasteiger partial charge in [0.15, 0.2) is 11.6 Å². The molecule has 48 heavy (non-hydrogen) atoms. The molecule has 0 fully saturated rings. The van der Waals surface area contributed by atoms with Crippen LogP contribution in [-0.4, -0.2) is 148 Å². The molecule has 0 heterocycles. The van der Waals surface area contributed by atoms with Crippen molar-refractivity contribution < 1.29 is 73.8 Å². The zero-order valence-electron chi connectivity index (χ0n) is 28.7. The molecule has 0 spiro atoms. The maximum Gasteiger partial charge on any atom is 0.335 e. The van der Waals surface area contributed by atoms with Crippen molar-refractivity contribution in [2.45, 2.75) is 61.9 Å². The lowest BCUT2D eigenvalue weighted by molar-refractivity contribution is -0.872. The Labute approximate surface area is 281 Å². The molecule has 0 aliphatic rings. The number of carbonyl (C=O) groups excluding carboxylic acids is 4. The van der Waals surface area contributed by atoms with Gasteiger partial charge in [-0.1, -0.05) is 24.3 Å². The summed E-state index contributed by atoms with van der Waals surface area (Å²) in [4.78, 5) is 43.5. The Balaban J connectivity index is 0.000000696. The summed E-state index contributed by atoms with van der Waals surface area (Å²) in [6.07, 6.45) is -3.96. The maximum atomic E-state index is 11.2. The number of Topliss-reactive ketones (excluding diaryl/α,β-unsaturated/α-hetero) is 2. The van der Waals surface area contributed by atoms with E-state index in [0.29, 0.717) is 22.1 Å². The third kappa shape index (κ3) is 16.6. The van der Waals surface area contributed by atoms with Gasteiger partial charge in [-0.25, -0.2) is 26.4 Å². The van der Waals surface area contributed by atoms with E-state index in [1.807, 2.05) is 42.3 Å². The Morgan fingerprint density at radius 1 is 0.646 bits per heavy atom. The molecule has 2 N–H and O–H groups in total. The topological polar surface area (TPSA) is 242 Å². The molecule has 0 bridgehead atoms. The highest BCUT2D eigenvalue weighted by atomic mass is 32.2. The molecule has 2 rings (SSSR count). The SMILES string of the molecule is CC(=O)C(C[N+](C)(C)C)OC(=O)C(C)O.CC(=O)C(C[N+](C)(C)C)OC(=O)C(C)O.O=S(=O)([O-])c1cccc2c(S(=O)(=O)[O-])cccc12. The molecule has 4 unspecified atom stereocenters. The summed E-state index contributed by atoms with van der Waals surface area (Å²) in [5.41, 5.74) is 0. The molecule has 18 heteroatoms. The number of carbonyl (C=O) groups is 4. The molecule has 2 aromatic carbocycles. The van der Waals surface area contributed by atoms with Gasteiger partial charge in [0.1, 0.15) is 45.5 Å². The van der Waals surface area contributed by atoms with Gasteiger partial charge >= 0.3 is 11.9 Å². The van der Waals surface area contributed by atoms with Gasteiger partial charge in [0.05, 0.1) is 52.1 Å². The number of hydrogen-bond acceptors (Lipinski definition) is 14. The van der Waals surface area contributed by atoms with Crippen molar-refractivity contribution in [1.82, 2.24) is 0 Å². The molecular weight excluding hydrogens is 676 g/mol. The van der Waals surface area contributed by atoms with E-state index in [1.54, 1.807) is 0 Å². The lowest BCUT2D eigenvalue weighted by Crippen LogP contribution is -2.46. The first kappa shape index (κ1) is 44.6. The monoisotopic (exact) mass is 722 g/mol. The van der Waals surface area contributed by atoms with E-state index in [-0.39, 0.29) is 22.3 Å². The van der Waals surface area contributed by atoms with Crippen LogP contribution in [0.4, 0.5) is 0 Å². The maximum absolute atomic E-state index is 11.2. The van der Waals surface area contributed by atoms with Crippen LogP contribution in [0.3, 0.4) is 0 Å². The van der Waals surface area contributed by atoms with Crippen LogP contribution in [0.5, 0.6) is 0 Å². The standard InChI is InChI=1S/2C10H20NO4.C10H8O6S2/c2*1-7(12)9(6-11(3,4)5)15-10(14)8(2)13;11-17(12,13)9-5-1-3-7-8(9)4-2-6-10(7)18(14,15)16/h2*8-9,13H,6H2,1-5H3;1-6H,(H,11,12,13)(H,14,15,16)/q2*+1;/p-2. The summed E-state index contributed by atoms with van der Waals surface area (Å²) in [5.74, 6) is -1.94. The van der Waals surface area contributed by atoms with Crippen LogP contribution >= 0.6 is 0 Å². The van der Waals surface area contributed by atoms with Gasteiger partial charge in [-0.2, -0.15) is 0 Å². The summed E-state index contributed by atoms with van der Waals surface area (Å²) in [7, 11) is 1.89. The van der Waals surface area contributed by atoms with Crippen molar-refractivity contribution in [2.75, 3.05) is 55.4 Å². The van der Waals surface area contributed by atoms with Gasteiger partial charge in [-0.15, -0.1) is 0 Å². The molecule has 16 nitrogen and oxygen atoms in total. The normalized spacial score (nSPS) is 14.5. The minimum atomic E-state index is -4.74. The van der Waals surface area contributed by atoms with E-state index in [4.69, 9.17) is 19.7 Å². The number of ketones is 2. The highest BCUT2D eigenvalue weighted by molar-refractivity contribution is 7.86. The second-order valence-corrected chi connectivity index (χ2v) is 15.6. The third-order valence-corrected chi connectivity index (χ3v) is 7.70. The van der Waals surface area contributed by atoms with Crippen molar-refractivity contribution >= 4 is 54.5 Å². The minimum Gasteiger partial charge on any atom is -0.744 e. The van der Waals surface area contributed by atoms with Gasteiger partial charge in [0.25, 0.3) is 0 Å². The van der Waals surface area contributed by atoms with Gasteiger partial charge < -0.3 is 37.8 Å². The predicted molar refractivity (Wildman–Crippen MR) is 170 cm³/mol. The molecule has 272 valence electrons. The lowest BCUT2D eigenvalue weighted by atomic mass is 10.1. The number of fused-ring (bicyclic) bond motifs is 1. The second-order valence-electron chi connectivity index (χ2n) is 12.9. The predicted octanol–water partition coefficient (Wildman–Crippen LogP) is -0.204. The van der Waals surface area contributed by atoms with Crippen LogP contribution in [0.15, 0.2) is 46.2 Å². The van der Waals surface area contributed by atoms with Gasteiger partial charge in [0.2, 0.25) is 12.2 Å². The fraction of sp³-hybridized carbons (Fsp3) is 0.533. The molecule has 0 aliphatic heterocycles. The van der Waals surface area contributed by atoms with E-state index in [1.165, 1.54) is 52.0 Å². The molecule has 0 saturated carbocycles. The van der Waals surface area contributed by atoms with Crippen molar-refractivity contribution in [3.8, 4) is 0 Å². The van der Waals surface area contributed by atoms with E-state index in [9.17, 15) is 45.1 Å². The average molecular weight is 723 g/mol. The smallest absolute Gasteiger partial charge is 0.335 e. The third-order valence-electron chi connectivity index (χ3n) is 5.91. The minimum absolute atomic E-state index is 0.0792. The average Bonchev–Trinajstić information content (AvgIpc) is 2.89. The number of aliphatic hydroxyl groups is 2. The van der Waals surface area contributed by atoms with Crippen molar-refractivity contribution in [1.29, 1.82) is 0 Å². The first-order valence-corrected chi connectivity index (χ1v) is 17.1. The van der Waals surface area contributed by atoms with Crippen LogP contribution < -0.4 is 0 Å². The zero-order valence-corrected chi connectivity index (χ0v) is 30.3. The van der Waals surface area contributed by atoms with E-state index < -0.39 is 66.4 Å². The highest BCUT2D eigenvalue weighted by Gasteiger charge is 2.28. The summed E-state index contributed by atoms with van der Waals surface area (Å²) in [6, 6.07) is 7.09. The van der Waals surface area contributed by atoms with E-state index in [2.05, 4.69) is 0 Å². The van der Waals surface area contributed by atoms with Crippen LogP contribution in [0, 0.1) is 0 Å². The Morgan fingerprint density at radius 2 is 0.917 bits per heavy atom.